The molecule has 0 aromatic carbocycles. The molecule has 0 aliphatic heterocycles. The molecule has 0 saturated heterocycles. The van der Waals surface area contributed by atoms with Gasteiger partial charge < -0.3 is 20.4 Å². The molecule has 0 heterocycles. The second kappa shape index (κ2) is 6.66. The summed E-state index contributed by atoms with van der Waals surface area (Å²) in [7, 11) is 0. The quantitative estimate of drug-likeness (QED) is 0.426. The number of hydrogen-bond donors (Lipinski definition) is 4. The Labute approximate surface area is 109 Å². The lowest BCUT2D eigenvalue weighted by Crippen LogP contribution is -2.52. The van der Waals surface area contributed by atoms with E-state index < -0.39 is 42.7 Å². The Balaban J connectivity index is 5.79. The van der Waals surface area contributed by atoms with E-state index in [4.69, 9.17) is 36.4 Å². The molecular weight excluding hydrogens is 252 g/mol. The van der Waals surface area contributed by atoms with Gasteiger partial charge in [0.05, 0.1) is 37.4 Å². The first-order chi connectivity index (χ1) is 8.97. The molecule has 0 aromatic rings. The van der Waals surface area contributed by atoms with E-state index in [0.29, 0.717) is 0 Å². The fourth-order valence-electron chi connectivity index (χ4n) is 1.47. The summed E-state index contributed by atoms with van der Waals surface area (Å²) in [6.45, 7) is -2.67. The fourth-order valence-corrected chi connectivity index (χ4v) is 1.47. The first-order valence-electron chi connectivity index (χ1n) is 5.11. The van der Waals surface area contributed by atoms with Crippen LogP contribution in [0.2, 0.25) is 0 Å². The molecule has 19 heavy (non-hydrogen) atoms. The maximum atomic E-state index is 9.99. The van der Waals surface area contributed by atoms with Crippen LogP contribution >= 0.6 is 0 Å². The van der Waals surface area contributed by atoms with Crippen molar-refractivity contribution < 1.29 is 20.4 Å². The van der Waals surface area contributed by atoms with Gasteiger partial charge in [0, 0.05) is 0 Å². The van der Waals surface area contributed by atoms with Crippen LogP contribution in [0.3, 0.4) is 0 Å². The van der Waals surface area contributed by atoms with E-state index in [1.165, 1.54) is 24.3 Å². The van der Waals surface area contributed by atoms with Crippen molar-refractivity contribution in [2.45, 2.75) is 6.10 Å². The Kier molecular flexibility index (Phi) is 5.89. The normalized spacial score (nSPS) is 14.3. The van der Waals surface area contributed by atoms with Crippen LogP contribution in [0, 0.1) is 62.1 Å². The van der Waals surface area contributed by atoms with E-state index in [1.54, 1.807) is 0 Å². The SMILES string of the molecule is N#CC(C(O)C(CO)(CO)CO)C(C#N)(C#N)C#N. The highest BCUT2D eigenvalue weighted by Gasteiger charge is 2.52. The molecule has 0 spiro atoms. The minimum atomic E-state index is -2.46. The molecular formula is C11H12N4O4. The lowest BCUT2D eigenvalue weighted by atomic mass is 9.68. The van der Waals surface area contributed by atoms with Gasteiger partial charge in [0.2, 0.25) is 5.41 Å². The van der Waals surface area contributed by atoms with Gasteiger partial charge in [-0.3, -0.25) is 0 Å². The van der Waals surface area contributed by atoms with E-state index in [9.17, 15) is 5.11 Å². The molecule has 0 amide bonds. The highest BCUT2D eigenvalue weighted by Crippen LogP contribution is 2.36. The summed E-state index contributed by atoms with van der Waals surface area (Å²) in [6.07, 6.45) is -1.93. The summed E-state index contributed by atoms with van der Waals surface area (Å²) >= 11 is 0. The average molecular weight is 264 g/mol. The lowest BCUT2D eigenvalue weighted by Gasteiger charge is -2.36. The van der Waals surface area contributed by atoms with E-state index in [-0.39, 0.29) is 0 Å². The first-order valence-corrected chi connectivity index (χ1v) is 5.11. The molecule has 0 aromatic heterocycles. The van der Waals surface area contributed by atoms with Crippen LogP contribution in [0.5, 0.6) is 0 Å². The number of aliphatic hydroxyl groups is 4. The van der Waals surface area contributed by atoms with Gasteiger partial charge in [-0.05, 0) is 0 Å². The average Bonchev–Trinajstić information content (AvgIpc) is 2.47. The molecule has 0 aliphatic carbocycles. The predicted octanol–water partition coefficient (Wildman–Crippen LogP) is -1.99. The first kappa shape index (κ1) is 16.8. The molecule has 100 valence electrons. The van der Waals surface area contributed by atoms with Gasteiger partial charge in [0.1, 0.15) is 24.1 Å². The van der Waals surface area contributed by atoms with Gasteiger partial charge in [-0.2, -0.15) is 21.0 Å². The van der Waals surface area contributed by atoms with Gasteiger partial charge in [-0.1, -0.05) is 0 Å². The third-order valence-electron chi connectivity index (χ3n) is 3.02. The summed E-state index contributed by atoms with van der Waals surface area (Å²) in [6, 6.07) is 5.48. The molecule has 0 bridgehead atoms. The molecule has 8 nitrogen and oxygen atoms in total. The van der Waals surface area contributed by atoms with Gasteiger partial charge in [0.25, 0.3) is 0 Å². The Hall–Kier alpha value is -2.20. The Morgan fingerprint density at radius 3 is 1.42 bits per heavy atom. The Morgan fingerprint density at radius 1 is 0.842 bits per heavy atom. The van der Waals surface area contributed by atoms with Crippen LogP contribution < -0.4 is 0 Å². The highest BCUT2D eigenvalue weighted by molar-refractivity contribution is 5.32. The maximum absolute atomic E-state index is 9.99. The number of hydrogen-bond acceptors (Lipinski definition) is 8. The van der Waals surface area contributed by atoms with Gasteiger partial charge in [-0.25, -0.2) is 0 Å². The smallest absolute Gasteiger partial charge is 0.246 e. The zero-order valence-corrected chi connectivity index (χ0v) is 9.85. The largest absolute Gasteiger partial charge is 0.396 e. The van der Waals surface area contributed by atoms with E-state index in [1.807, 2.05) is 0 Å². The third kappa shape index (κ3) is 2.63. The van der Waals surface area contributed by atoms with E-state index in [0.717, 1.165) is 0 Å². The number of nitriles is 4. The van der Waals surface area contributed by atoms with Crippen molar-refractivity contribution in [2.24, 2.45) is 16.7 Å². The second-order valence-electron chi connectivity index (χ2n) is 4.03. The van der Waals surface area contributed by atoms with Crippen molar-refractivity contribution in [3.05, 3.63) is 0 Å². The van der Waals surface area contributed by atoms with Crippen molar-refractivity contribution in [1.82, 2.24) is 0 Å². The Bertz CT molecular complexity index is 431. The van der Waals surface area contributed by atoms with Crippen molar-refractivity contribution in [1.29, 1.82) is 21.0 Å². The molecule has 0 aliphatic rings. The van der Waals surface area contributed by atoms with Crippen molar-refractivity contribution >= 4 is 0 Å². The Morgan fingerprint density at radius 2 is 1.21 bits per heavy atom. The molecule has 0 radical (unpaired) electrons. The van der Waals surface area contributed by atoms with Gasteiger partial charge in [-0.15, -0.1) is 0 Å². The van der Waals surface area contributed by atoms with Gasteiger partial charge >= 0.3 is 0 Å². The predicted molar refractivity (Wildman–Crippen MR) is 58.1 cm³/mol. The lowest BCUT2D eigenvalue weighted by molar-refractivity contribution is -0.103. The van der Waals surface area contributed by atoms with Crippen molar-refractivity contribution in [3.8, 4) is 24.3 Å². The number of aliphatic hydroxyl groups excluding tert-OH is 4. The fraction of sp³-hybridized carbons (Fsp3) is 0.636. The molecule has 2 atom stereocenters. The molecule has 2 unspecified atom stereocenters. The zero-order valence-electron chi connectivity index (χ0n) is 9.85. The summed E-state index contributed by atoms with van der Waals surface area (Å²) in [5, 5.41) is 73.0. The summed E-state index contributed by atoms with van der Waals surface area (Å²) < 4.78 is 0. The zero-order chi connectivity index (χ0) is 15.1. The number of nitrogens with zero attached hydrogens (tertiary/aromatic N) is 4. The van der Waals surface area contributed by atoms with Gasteiger partial charge in [0.15, 0.2) is 0 Å². The molecule has 0 rings (SSSR count). The summed E-state index contributed by atoms with van der Waals surface area (Å²) in [5.41, 5.74) is -4.35. The highest BCUT2D eigenvalue weighted by atomic mass is 16.3. The minimum Gasteiger partial charge on any atom is -0.396 e. The van der Waals surface area contributed by atoms with Crippen LogP contribution in [0.4, 0.5) is 0 Å². The van der Waals surface area contributed by atoms with Crippen LogP contribution in [0.25, 0.3) is 0 Å². The van der Waals surface area contributed by atoms with Crippen LogP contribution in [0.15, 0.2) is 0 Å². The topological polar surface area (TPSA) is 176 Å². The standard InChI is InChI=1S/C11H12N4O4/c12-1-8(10(2-13,3-14)4-15)9(19)11(5-16,6-17)7-18/h8-9,16-19H,5-7H2. The molecule has 8 heteroatoms. The monoisotopic (exact) mass is 264 g/mol. The third-order valence-corrected chi connectivity index (χ3v) is 3.02. The van der Waals surface area contributed by atoms with Crippen molar-refractivity contribution in [2.75, 3.05) is 19.8 Å². The van der Waals surface area contributed by atoms with Crippen LogP contribution in [0.1, 0.15) is 0 Å². The summed E-state index contributed by atoms with van der Waals surface area (Å²) in [5.74, 6) is -1.82. The molecule has 0 fully saturated rings. The van der Waals surface area contributed by atoms with Crippen LogP contribution in [-0.2, 0) is 0 Å². The molecule has 4 N–H and O–H groups in total. The van der Waals surface area contributed by atoms with E-state index >= 15 is 0 Å². The second-order valence-corrected chi connectivity index (χ2v) is 4.03. The van der Waals surface area contributed by atoms with Crippen molar-refractivity contribution in [3.63, 3.8) is 0 Å². The number of rotatable bonds is 6. The van der Waals surface area contributed by atoms with Crippen LogP contribution in [-0.4, -0.2) is 46.4 Å². The minimum absolute atomic E-state index is 0.891. The summed E-state index contributed by atoms with van der Waals surface area (Å²) in [4.78, 5) is 0. The maximum Gasteiger partial charge on any atom is 0.246 e. The molecule has 0 saturated carbocycles. The van der Waals surface area contributed by atoms with E-state index in [2.05, 4.69) is 0 Å².